The third-order valence-electron chi connectivity index (χ3n) is 6.19. The van der Waals surface area contributed by atoms with Crippen molar-refractivity contribution in [3.63, 3.8) is 0 Å². The Morgan fingerprint density at radius 1 is 0.658 bits per heavy atom. The van der Waals surface area contributed by atoms with Crippen LogP contribution in [0.3, 0.4) is 0 Å². The molecule has 0 atom stereocenters. The molecule has 192 valence electrons. The number of para-hydroxylation sites is 4. The molecule has 0 fully saturated rings. The van der Waals surface area contributed by atoms with Crippen LogP contribution < -0.4 is 4.90 Å². The second-order valence-corrected chi connectivity index (χ2v) is 8.43. The Bertz CT molecular complexity index is 1490. The van der Waals surface area contributed by atoms with Crippen LogP contribution in [0.1, 0.15) is 40.5 Å². The van der Waals surface area contributed by atoms with Gasteiger partial charge in [-0.2, -0.15) is 0 Å². The Labute approximate surface area is 227 Å². The van der Waals surface area contributed by atoms with Crippen molar-refractivity contribution in [1.82, 2.24) is 9.55 Å². The molecular weight excluding hydrogens is 462 g/mol. The van der Waals surface area contributed by atoms with E-state index in [9.17, 15) is 0 Å². The summed E-state index contributed by atoms with van der Waals surface area (Å²) in [6, 6.07) is 38.1. The molecular formula is C35H37N3. The van der Waals surface area contributed by atoms with Crippen molar-refractivity contribution in [1.29, 1.82) is 0 Å². The number of benzene rings is 4. The monoisotopic (exact) mass is 499 g/mol. The van der Waals surface area contributed by atoms with Gasteiger partial charge in [-0.1, -0.05) is 101 Å². The highest BCUT2D eigenvalue weighted by atomic mass is 15.1. The quantitative estimate of drug-likeness (QED) is 0.240. The van der Waals surface area contributed by atoms with E-state index in [0.717, 1.165) is 52.3 Å². The van der Waals surface area contributed by atoms with Crippen molar-refractivity contribution in [3.8, 4) is 17.1 Å². The number of hydrogen-bond donors (Lipinski definition) is 0. The maximum absolute atomic E-state index is 5.06. The van der Waals surface area contributed by atoms with Crippen LogP contribution >= 0.6 is 0 Å². The zero-order valence-corrected chi connectivity index (χ0v) is 22.9. The zero-order chi connectivity index (χ0) is 26.7. The number of hydrogen-bond acceptors (Lipinski definition) is 2. The topological polar surface area (TPSA) is 21.1 Å². The van der Waals surface area contributed by atoms with Gasteiger partial charge in [-0.25, -0.2) is 4.98 Å². The molecule has 6 rings (SSSR count). The van der Waals surface area contributed by atoms with Crippen molar-refractivity contribution in [3.05, 3.63) is 133 Å². The molecule has 38 heavy (non-hydrogen) atoms. The lowest BCUT2D eigenvalue weighted by Gasteiger charge is -2.28. The van der Waals surface area contributed by atoms with Crippen LogP contribution in [0.2, 0.25) is 0 Å². The van der Waals surface area contributed by atoms with Crippen LogP contribution in [0.4, 0.5) is 11.4 Å². The van der Waals surface area contributed by atoms with Crippen LogP contribution in [0.25, 0.3) is 28.1 Å². The van der Waals surface area contributed by atoms with Crippen molar-refractivity contribution < 1.29 is 0 Å². The lowest BCUT2D eigenvalue weighted by molar-refractivity contribution is 0.997. The minimum absolute atomic E-state index is 0.940. The van der Waals surface area contributed by atoms with Gasteiger partial charge in [-0.15, -0.1) is 0 Å². The van der Waals surface area contributed by atoms with Gasteiger partial charge < -0.3 is 4.90 Å². The molecule has 0 aliphatic heterocycles. The third kappa shape index (κ3) is 5.63. The summed E-state index contributed by atoms with van der Waals surface area (Å²) in [6.07, 6.45) is 8.94. The van der Waals surface area contributed by atoms with Crippen LogP contribution in [-0.2, 0) is 0 Å². The Morgan fingerprint density at radius 3 is 2.03 bits per heavy atom. The summed E-state index contributed by atoms with van der Waals surface area (Å²) in [5, 5.41) is 0. The molecule has 3 nitrogen and oxygen atoms in total. The molecule has 0 bridgehead atoms. The predicted octanol–water partition coefficient (Wildman–Crippen LogP) is 10.1. The number of aromatic nitrogens is 2. The van der Waals surface area contributed by atoms with E-state index in [2.05, 4.69) is 125 Å². The fourth-order valence-corrected chi connectivity index (χ4v) is 4.63. The first-order valence-electron chi connectivity index (χ1n) is 13.7. The van der Waals surface area contributed by atoms with Crippen molar-refractivity contribution in [2.75, 3.05) is 4.90 Å². The normalized spacial score (nSPS) is 12.1. The summed E-state index contributed by atoms with van der Waals surface area (Å²) in [5.74, 6) is 0.940. The Hall–Kier alpha value is -4.37. The first-order valence-corrected chi connectivity index (χ1v) is 13.7. The molecule has 0 saturated heterocycles. The summed E-state index contributed by atoms with van der Waals surface area (Å²) in [5.41, 5.74) is 7.75. The zero-order valence-electron chi connectivity index (χ0n) is 22.9. The van der Waals surface area contributed by atoms with Gasteiger partial charge in [0.05, 0.1) is 11.0 Å². The summed E-state index contributed by atoms with van der Waals surface area (Å²) in [7, 11) is 0. The summed E-state index contributed by atoms with van der Waals surface area (Å²) in [4.78, 5) is 7.39. The number of fused-ring (bicyclic) bond motifs is 1. The minimum Gasteiger partial charge on any atom is -0.311 e. The molecule has 0 amide bonds. The molecule has 0 N–H and O–H groups in total. The largest absolute Gasteiger partial charge is 0.311 e. The van der Waals surface area contributed by atoms with E-state index >= 15 is 0 Å². The third-order valence-corrected chi connectivity index (χ3v) is 6.19. The highest BCUT2D eigenvalue weighted by molar-refractivity contribution is 5.84. The Morgan fingerprint density at radius 2 is 1.32 bits per heavy atom. The number of nitrogens with zero attached hydrogens (tertiary/aromatic N) is 3. The van der Waals surface area contributed by atoms with Crippen LogP contribution in [0.15, 0.2) is 133 Å². The number of allylic oxidation sites excluding steroid dienone is 3. The van der Waals surface area contributed by atoms with Gasteiger partial charge in [-0.05, 0) is 67.4 Å². The molecule has 1 heterocycles. The fraction of sp³-hybridized carbons (Fsp3) is 0.171. The molecule has 1 aromatic heterocycles. The second-order valence-electron chi connectivity index (χ2n) is 8.43. The summed E-state index contributed by atoms with van der Waals surface area (Å²) >= 11 is 0. The molecule has 1 aliphatic carbocycles. The SMILES string of the molecule is C1=CC(N(c2ccccc2)c2cccc(-c3nc4ccccc4n3-c3ccccc3)c2)=CCC1.CC.CC. The summed E-state index contributed by atoms with van der Waals surface area (Å²) in [6.45, 7) is 8.00. The Kier molecular flexibility index (Phi) is 9.31. The maximum Gasteiger partial charge on any atom is 0.145 e. The van der Waals surface area contributed by atoms with Crippen molar-refractivity contribution in [2.45, 2.75) is 40.5 Å². The van der Waals surface area contributed by atoms with Crippen LogP contribution in [0.5, 0.6) is 0 Å². The van der Waals surface area contributed by atoms with Gasteiger partial charge in [-0.3, -0.25) is 4.57 Å². The summed E-state index contributed by atoms with van der Waals surface area (Å²) < 4.78 is 2.25. The van der Waals surface area contributed by atoms with Gasteiger partial charge in [0.15, 0.2) is 0 Å². The molecule has 4 aromatic carbocycles. The second kappa shape index (κ2) is 13.3. The van der Waals surface area contributed by atoms with Crippen molar-refractivity contribution in [2.24, 2.45) is 0 Å². The standard InChI is InChI=1S/C31H25N3.2C2H6/c1-4-14-25(15-5-1)33(26-16-6-2-7-17-26)28-20-12-13-24(23-28)31-32-29-21-10-11-22-30(29)34(31)27-18-8-3-9-19-27;2*1-2/h1,3-6,8-23H,2,7H2;2*1-2H3. The van der Waals surface area contributed by atoms with E-state index in [0.29, 0.717) is 0 Å². The first kappa shape index (κ1) is 26.7. The van der Waals surface area contributed by atoms with Gasteiger partial charge in [0.2, 0.25) is 0 Å². The molecule has 3 heteroatoms. The van der Waals surface area contributed by atoms with E-state index < -0.39 is 0 Å². The van der Waals surface area contributed by atoms with E-state index in [1.54, 1.807) is 0 Å². The van der Waals surface area contributed by atoms with Gasteiger partial charge >= 0.3 is 0 Å². The van der Waals surface area contributed by atoms with E-state index in [4.69, 9.17) is 4.98 Å². The average Bonchev–Trinajstić information content (AvgIpc) is 3.41. The van der Waals surface area contributed by atoms with Gasteiger partial charge in [0.1, 0.15) is 5.82 Å². The van der Waals surface area contributed by atoms with Gasteiger partial charge in [0.25, 0.3) is 0 Å². The lowest BCUT2D eigenvalue weighted by atomic mass is 10.1. The molecule has 0 spiro atoms. The number of imidazole rings is 1. The molecule has 0 radical (unpaired) electrons. The highest BCUT2D eigenvalue weighted by Gasteiger charge is 2.18. The predicted molar refractivity (Wildman–Crippen MR) is 164 cm³/mol. The molecule has 0 saturated carbocycles. The Balaban J connectivity index is 0.000000804. The first-order chi connectivity index (χ1) is 18.9. The van der Waals surface area contributed by atoms with Crippen LogP contribution in [0, 0.1) is 0 Å². The van der Waals surface area contributed by atoms with E-state index in [-0.39, 0.29) is 0 Å². The van der Waals surface area contributed by atoms with E-state index in [1.165, 1.54) is 5.70 Å². The van der Waals surface area contributed by atoms with Gasteiger partial charge in [0, 0.05) is 28.3 Å². The molecule has 5 aromatic rings. The van der Waals surface area contributed by atoms with Crippen molar-refractivity contribution >= 4 is 22.4 Å². The average molecular weight is 500 g/mol. The highest BCUT2D eigenvalue weighted by Crippen LogP contribution is 2.35. The molecule has 0 unspecified atom stereocenters. The maximum atomic E-state index is 5.06. The number of anilines is 2. The molecule has 1 aliphatic rings. The van der Waals surface area contributed by atoms with E-state index in [1.807, 2.05) is 39.8 Å². The smallest absolute Gasteiger partial charge is 0.145 e. The lowest BCUT2D eigenvalue weighted by Crippen LogP contribution is -2.16. The van der Waals surface area contributed by atoms with Crippen LogP contribution in [-0.4, -0.2) is 9.55 Å². The number of rotatable bonds is 5. The minimum atomic E-state index is 0.940. The fourth-order valence-electron chi connectivity index (χ4n) is 4.63.